The van der Waals surface area contributed by atoms with Gasteiger partial charge in [-0.3, -0.25) is 0 Å². The molecule has 2 rings (SSSR count). The summed E-state index contributed by atoms with van der Waals surface area (Å²) >= 11 is 0. The Hall–Kier alpha value is -0.870. The Morgan fingerprint density at radius 3 is 1.61 bits per heavy atom. The molecule has 0 radical (unpaired) electrons. The summed E-state index contributed by atoms with van der Waals surface area (Å²) in [6.45, 7) is 6.93. The molecule has 0 saturated heterocycles. The van der Waals surface area contributed by atoms with Crippen molar-refractivity contribution in [3.63, 3.8) is 0 Å². The molecule has 1 aromatic heterocycles. The van der Waals surface area contributed by atoms with Gasteiger partial charge in [-0.2, -0.15) is 0 Å². The zero-order valence-electron chi connectivity index (χ0n) is 21.8. The average molecular weight is 526 g/mol. The summed E-state index contributed by atoms with van der Waals surface area (Å²) in [6, 6.07) is 8.99. The van der Waals surface area contributed by atoms with Crippen molar-refractivity contribution >= 4 is 11.0 Å². The summed E-state index contributed by atoms with van der Waals surface area (Å²) < 4.78 is 5.01. The number of hydrogen-bond donors (Lipinski definition) is 0. The molecule has 0 aliphatic heterocycles. The van der Waals surface area contributed by atoms with E-state index in [9.17, 15) is 0 Å². The number of hydrogen-bond acceptors (Lipinski definition) is 0. The van der Waals surface area contributed by atoms with Crippen LogP contribution in [0.5, 0.6) is 0 Å². The van der Waals surface area contributed by atoms with Gasteiger partial charge in [0.25, 0.3) is 0 Å². The highest BCUT2D eigenvalue weighted by Crippen LogP contribution is 2.15. The number of aromatic nitrogens is 2. The lowest BCUT2D eigenvalue weighted by molar-refractivity contribution is -0.672. The zero-order chi connectivity index (χ0) is 22.0. The van der Waals surface area contributed by atoms with Gasteiger partial charge in [-0.05, 0) is 37.8 Å². The minimum atomic E-state index is 0. The van der Waals surface area contributed by atoms with E-state index in [1.807, 2.05) is 0 Å². The smallest absolute Gasteiger partial charge is 0.244 e. The fourth-order valence-electron chi connectivity index (χ4n) is 4.78. The first kappa shape index (κ1) is 32.1. The predicted octanol–water partition coefficient (Wildman–Crippen LogP) is 5.17. The molecule has 2 aromatic rings. The standard InChI is InChI=1S/C29H51N2.BrH.H2O/c1-3-5-7-9-11-13-15-17-21-25-30-27-31(29-24-20-19-23-28(29)30)26-22-18-16-14-12-10-8-6-4-2;;/h19-20,23-24,27H,3-18,21-22,25-26H2,1-2H3;1H;1H2/q+1;;/p-1. The van der Waals surface area contributed by atoms with Gasteiger partial charge in [0.15, 0.2) is 11.0 Å². The normalized spacial score (nSPS) is 10.8. The maximum atomic E-state index is 2.50. The van der Waals surface area contributed by atoms with Crippen LogP contribution in [0.4, 0.5) is 0 Å². The predicted molar refractivity (Wildman–Crippen MR) is 140 cm³/mol. The van der Waals surface area contributed by atoms with Crippen molar-refractivity contribution in [3.8, 4) is 0 Å². The van der Waals surface area contributed by atoms with Gasteiger partial charge >= 0.3 is 0 Å². The fraction of sp³-hybridized carbons (Fsp3) is 0.759. The minimum absolute atomic E-state index is 0. The minimum Gasteiger partial charge on any atom is -1.00 e. The number of fused-ring (bicyclic) bond motifs is 1. The first-order chi connectivity index (χ1) is 15.4. The number of para-hydroxylation sites is 2. The molecule has 1 aromatic carbocycles. The maximum Gasteiger partial charge on any atom is 0.244 e. The van der Waals surface area contributed by atoms with Crippen LogP contribution in [0.1, 0.15) is 129 Å². The number of unbranched alkanes of at least 4 members (excludes halogenated alkanes) is 16. The number of halogens is 1. The van der Waals surface area contributed by atoms with Crippen molar-refractivity contribution in [1.82, 2.24) is 4.57 Å². The number of imidazole rings is 1. The largest absolute Gasteiger partial charge is 1.00 e. The summed E-state index contributed by atoms with van der Waals surface area (Å²) in [5.41, 5.74) is 2.83. The van der Waals surface area contributed by atoms with E-state index in [1.165, 1.54) is 140 Å². The molecule has 0 atom stereocenters. The maximum absolute atomic E-state index is 2.50. The van der Waals surface area contributed by atoms with Crippen molar-refractivity contribution in [3.05, 3.63) is 30.6 Å². The van der Waals surface area contributed by atoms with Gasteiger partial charge in [-0.1, -0.05) is 116 Å². The van der Waals surface area contributed by atoms with Crippen molar-refractivity contribution in [1.29, 1.82) is 0 Å². The second kappa shape index (κ2) is 21.6. The van der Waals surface area contributed by atoms with Gasteiger partial charge in [0.05, 0.1) is 13.1 Å². The fourth-order valence-corrected chi connectivity index (χ4v) is 4.78. The summed E-state index contributed by atoms with van der Waals surface area (Å²) in [5.74, 6) is 0. The summed E-state index contributed by atoms with van der Waals surface area (Å²) in [4.78, 5) is 0. The third-order valence-electron chi connectivity index (χ3n) is 6.78. The van der Waals surface area contributed by atoms with Gasteiger partial charge in [-0.15, -0.1) is 0 Å². The van der Waals surface area contributed by atoms with Gasteiger partial charge in [0.1, 0.15) is 0 Å². The van der Waals surface area contributed by atoms with Gasteiger partial charge in [-0.25, -0.2) is 9.13 Å². The molecule has 0 unspecified atom stereocenters. The molecule has 4 heteroatoms. The first-order valence-corrected chi connectivity index (χ1v) is 13.8. The van der Waals surface area contributed by atoms with E-state index >= 15 is 0 Å². The monoisotopic (exact) mass is 524 g/mol. The number of aryl methyl sites for hydroxylation is 2. The second-order valence-corrected chi connectivity index (χ2v) is 9.65. The third kappa shape index (κ3) is 13.6. The molecule has 0 aliphatic rings. The molecule has 0 amide bonds. The Balaban J connectivity index is 0.00000512. The lowest BCUT2D eigenvalue weighted by atomic mass is 10.1. The van der Waals surface area contributed by atoms with Crippen LogP contribution in [-0.4, -0.2) is 10.0 Å². The quantitative estimate of drug-likeness (QED) is 0.169. The Labute approximate surface area is 215 Å². The van der Waals surface area contributed by atoms with Crippen molar-refractivity contribution in [2.24, 2.45) is 0 Å². The highest BCUT2D eigenvalue weighted by molar-refractivity contribution is 5.71. The van der Waals surface area contributed by atoms with E-state index in [1.54, 1.807) is 0 Å². The van der Waals surface area contributed by atoms with Crippen LogP contribution in [0.25, 0.3) is 11.0 Å². The summed E-state index contributed by atoms with van der Waals surface area (Å²) in [7, 11) is 0. The average Bonchev–Trinajstić information content (AvgIpc) is 3.14. The molecule has 0 saturated carbocycles. The molecule has 0 spiro atoms. The number of rotatable bonds is 20. The van der Waals surface area contributed by atoms with Crippen molar-refractivity contribution in [2.45, 2.75) is 143 Å². The number of benzene rings is 1. The molecule has 33 heavy (non-hydrogen) atoms. The van der Waals surface area contributed by atoms with Crippen LogP contribution < -0.4 is 21.5 Å². The molecule has 0 bridgehead atoms. The molecule has 0 aliphatic carbocycles. The third-order valence-corrected chi connectivity index (χ3v) is 6.78. The van der Waals surface area contributed by atoms with Crippen molar-refractivity contribution in [2.75, 3.05) is 0 Å². The second-order valence-electron chi connectivity index (χ2n) is 9.65. The Morgan fingerprint density at radius 1 is 0.606 bits per heavy atom. The van der Waals surface area contributed by atoms with E-state index in [0.29, 0.717) is 0 Å². The molecule has 0 fully saturated rings. The van der Waals surface area contributed by atoms with Crippen LogP contribution >= 0.6 is 0 Å². The Morgan fingerprint density at radius 2 is 1.06 bits per heavy atom. The molecular formula is C29H53BrN2O. The van der Waals surface area contributed by atoms with Gasteiger partial charge in [0, 0.05) is 0 Å². The highest BCUT2D eigenvalue weighted by Gasteiger charge is 2.14. The van der Waals surface area contributed by atoms with E-state index in [4.69, 9.17) is 0 Å². The number of nitrogens with zero attached hydrogens (tertiary/aromatic N) is 2. The lowest BCUT2D eigenvalue weighted by Crippen LogP contribution is -3.00. The Kier molecular flexibility index (Phi) is 21.1. The Bertz CT molecular complexity index is 629. The van der Waals surface area contributed by atoms with Gasteiger partial charge < -0.3 is 22.5 Å². The summed E-state index contributed by atoms with van der Waals surface area (Å²) in [5, 5.41) is 0. The van der Waals surface area contributed by atoms with E-state index in [2.05, 4.69) is 53.6 Å². The van der Waals surface area contributed by atoms with E-state index < -0.39 is 0 Å². The molecule has 2 N–H and O–H groups in total. The zero-order valence-corrected chi connectivity index (χ0v) is 23.4. The highest BCUT2D eigenvalue weighted by atomic mass is 79.9. The van der Waals surface area contributed by atoms with Crippen LogP contribution in [0, 0.1) is 0 Å². The van der Waals surface area contributed by atoms with Crippen LogP contribution in [0.3, 0.4) is 0 Å². The molecular weight excluding hydrogens is 472 g/mol. The first-order valence-electron chi connectivity index (χ1n) is 13.8. The van der Waals surface area contributed by atoms with Crippen LogP contribution in [-0.2, 0) is 13.1 Å². The topological polar surface area (TPSA) is 40.3 Å². The van der Waals surface area contributed by atoms with Crippen LogP contribution in [0.2, 0.25) is 0 Å². The molecule has 192 valence electrons. The molecule has 3 nitrogen and oxygen atoms in total. The van der Waals surface area contributed by atoms with Crippen LogP contribution in [0.15, 0.2) is 30.6 Å². The van der Waals surface area contributed by atoms with Gasteiger partial charge in [0.2, 0.25) is 6.33 Å². The van der Waals surface area contributed by atoms with E-state index in [0.717, 1.165) is 0 Å². The SMILES string of the molecule is CCCCCCCCCCCn1c[n+](CCCCCCCCCCC)c2ccccc21.O.[Br-]. The van der Waals surface area contributed by atoms with Crippen molar-refractivity contribution < 1.29 is 27.0 Å². The van der Waals surface area contributed by atoms with E-state index in [-0.39, 0.29) is 22.5 Å². The lowest BCUT2D eigenvalue weighted by Gasteiger charge is -2.02. The molecule has 1 heterocycles. The summed E-state index contributed by atoms with van der Waals surface area (Å²) in [6.07, 6.45) is 27.6.